The van der Waals surface area contributed by atoms with Crippen LogP contribution in [0.25, 0.3) is 10.2 Å². The number of aromatic nitrogens is 1. The number of sulfonamides is 1. The number of carbonyl (C=O) groups excluding carboxylic acids is 2. The molecular weight excluding hydrogens is 631 g/mol. The number of nitrogens with one attached hydrogen (secondary N) is 2. The van der Waals surface area contributed by atoms with Gasteiger partial charge in [0, 0.05) is 19.0 Å². The highest BCUT2D eigenvalue weighted by Crippen LogP contribution is 2.32. The van der Waals surface area contributed by atoms with E-state index in [4.69, 9.17) is 20.2 Å². The number of oxime groups is 1. The standard InChI is InChI=1S/C32H37N5O7S2/c1-21(38)44-36-29(33)23-11-8-10-22(18-23)19-27(37-46(40,41)25-12-6-5-7-13-25)30-35-26-15-14-24(20-28(26)45-30)42-17-9-16-34-31(39)43-32(2,3)4/h5-8,10-15,18,20,27,37H,9,16-17,19H2,1-4H3,(H2,33,36)(H,34,39). The summed E-state index contributed by atoms with van der Waals surface area (Å²) in [5.74, 6) is 0.0253. The summed E-state index contributed by atoms with van der Waals surface area (Å²) in [5, 5.41) is 6.91. The number of alkyl carbamates (subject to hydrolysis) is 1. The second-order valence-corrected chi connectivity index (χ2v) is 14.0. The van der Waals surface area contributed by atoms with Gasteiger partial charge in [0.15, 0.2) is 5.84 Å². The van der Waals surface area contributed by atoms with E-state index in [2.05, 4.69) is 20.0 Å². The van der Waals surface area contributed by atoms with Crippen LogP contribution < -0.4 is 20.5 Å². The average molecular weight is 668 g/mol. The Morgan fingerprint density at radius 2 is 1.80 bits per heavy atom. The quantitative estimate of drug-likeness (QED) is 0.0581. The number of rotatable bonds is 13. The van der Waals surface area contributed by atoms with Gasteiger partial charge in [0.2, 0.25) is 10.0 Å². The summed E-state index contributed by atoms with van der Waals surface area (Å²) in [6.07, 6.45) is 0.340. The van der Waals surface area contributed by atoms with Crippen molar-refractivity contribution in [2.45, 2.75) is 57.1 Å². The molecule has 1 amide bonds. The third-order valence-electron chi connectivity index (χ3n) is 6.22. The van der Waals surface area contributed by atoms with E-state index in [0.29, 0.717) is 41.4 Å². The molecule has 1 aromatic heterocycles. The van der Waals surface area contributed by atoms with Gasteiger partial charge in [-0.15, -0.1) is 11.3 Å². The van der Waals surface area contributed by atoms with Crippen molar-refractivity contribution in [1.82, 2.24) is 15.0 Å². The predicted molar refractivity (Wildman–Crippen MR) is 176 cm³/mol. The number of benzene rings is 3. The van der Waals surface area contributed by atoms with Crippen molar-refractivity contribution in [2.24, 2.45) is 10.9 Å². The lowest BCUT2D eigenvalue weighted by Crippen LogP contribution is -2.33. The summed E-state index contributed by atoms with van der Waals surface area (Å²) in [7, 11) is -3.90. The van der Waals surface area contributed by atoms with Gasteiger partial charge in [-0.3, -0.25) is 0 Å². The first-order valence-electron chi connectivity index (χ1n) is 14.5. The molecule has 0 aliphatic heterocycles. The number of ether oxygens (including phenoxy) is 2. The minimum atomic E-state index is -3.90. The van der Waals surface area contributed by atoms with Crippen LogP contribution in [0, 0.1) is 0 Å². The highest BCUT2D eigenvalue weighted by Gasteiger charge is 2.25. The van der Waals surface area contributed by atoms with Gasteiger partial charge in [-0.1, -0.05) is 41.6 Å². The Morgan fingerprint density at radius 1 is 1.04 bits per heavy atom. The minimum absolute atomic E-state index is 0.00611. The molecule has 12 nitrogen and oxygen atoms in total. The lowest BCUT2D eigenvalue weighted by Gasteiger charge is -2.19. The largest absolute Gasteiger partial charge is 0.493 e. The Kier molecular flexibility index (Phi) is 11.3. The summed E-state index contributed by atoms with van der Waals surface area (Å²) in [6, 6.07) is 19.9. The molecule has 46 heavy (non-hydrogen) atoms. The molecule has 4 rings (SSSR count). The monoisotopic (exact) mass is 667 g/mol. The van der Waals surface area contributed by atoms with E-state index in [0.717, 1.165) is 10.3 Å². The fourth-order valence-corrected chi connectivity index (χ4v) is 6.57. The maximum Gasteiger partial charge on any atom is 0.407 e. The molecular formula is C32H37N5O7S2. The zero-order valence-electron chi connectivity index (χ0n) is 26.0. The van der Waals surface area contributed by atoms with Crippen LogP contribution >= 0.6 is 11.3 Å². The molecule has 0 aliphatic carbocycles. The lowest BCUT2D eigenvalue weighted by atomic mass is 10.0. The first-order chi connectivity index (χ1) is 21.8. The van der Waals surface area contributed by atoms with Crippen molar-refractivity contribution in [1.29, 1.82) is 0 Å². The van der Waals surface area contributed by atoms with Crippen LogP contribution in [0.1, 0.15) is 56.3 Å². The van der Waals surface area contributed by atoms with E-state index in [1.54, 1.807) is 63.2 Å². The van der Waals surface area contributed by atoms with Crippen LogP contribution in [0.15, 0.2) is 82.8 Å². The molecule has 0 saturated carbocycles. The van der Waals surface area contributed by atoms with E-state index in [1.165, 1.54) is 30.4 Å². The minimum Gasteiger partial charge on any atom is -0.493 e. The molecule has 14 heteroatoms. The van der Waals surface area contributed by atoms with E-state index < -0.39 is 33.7 Å². The second kappa shape index (κ2) is 15.2. The van der Waals surface area contributed by atoms with Gasteiger partial charge in [0.05, 0.1) is 27.8 Å². The number of thiazole rings is 1. The van der Waals surface area contributed by atoms with Crippen LogP contribution in [0.2, 0.25) is 0 Å². The van der Waals surface area contributed by atoms with Gasteiger partial charge in [0.25, 0.3) is 0 Å². The molecule has 1 unspecified atom stereocenters. The Morgan fingerprint density at radius 3 is 2.52 bits per heavy atom. The van der Waals surface area contributed by atoms with E-state index in [-0.39, 0.29) is 17.2 Å². The average Bonchev–Trinajstić information content (AvgIpc) is 3.42. The van der Waals surface area contributed by atoms with Crippen LogP contribution in [0.3, 0.4) is 0 Å². The van der Waals surface area contributed by atoms with Crippen LogP contribution in [0.5, 0.6) is 5.75 Å². The molecule has 0 fully saturated rings. The molecule has 1 heterocycles. The van der Waals surface area contributed by atoms with Crippen molar-refractivity contribution >= 4 is 49.5 Å². The maximum atomic E-state index is 13.4. The fraction of sp³-hybridized carbons (Fsp3) is 0.312. The van der Waals surface area contributed by atoms with Gasteiger partial charge in [-0.2, -0.15) is 0 Å². The SMILES string of the molecule is CC(=O)ON=C(N)c1cccc(CC(NS(=O)(=O)c2ccccc2)c2nc3ccc(OCCCNC(=O)OC(C)(C)C)cc3s2)c1. The summed E-state index contributed by atoms with van der Waals surface area (Å²) in [5.41, 5.74) is 7.38. The van der Waals surface area contributed by atoms with Gasteiger partial charge in [-0.05, 0) is 75.6 Å². The number of carbonyl (C=O) groups is 2. The number of hydrogen-bond donors (Lipinski definition) is 3. The zero-order valence-corrected chi connectivity index (χ0v) is 27.6. The molecule has 3 aromatic carbocycles. The third-order valence-corrected chi connectivity index (χ3v) is 8.84. The topological polar surface area (TPSA) is 171 Å². The lowest BCUT2D eigenvalue weighted by molar-refractivity contribution is -0.140. The summed E-state index contributed by atoms with van der Waals surface area (Å²) < 4.78 is 41.6. The number of amidine groups is 1. The molecule has 244 valence electrons. The smallest absolute Gasteiger partial charge is 0.407 e. The maximum absolute atomic E-state index is 13.4. The van der Waals surface area contributed by atoms with E-state index in [1.807, 2.05) is 18.2 Å². The van der Waals surface area contributed by atoms with Crippen LogP contribution in [-0.4, -0.2) is 50.1 Å². The van der Waals surface area contributed by atoms with Gasteiger partial charge < -0.3 is 25.4 Å². The van der Waals surface area contributed by atoms with Crippen molar-refractivity contribution in [2.75, 3.05) is 13.2 Å². The Balaban J connectivity index is 1.52. The summed E-state index contributed by atoms with van der Waals surface area (Å²) in [4.78, 5) is 32.5. The molecule has 4 N–H and O–H groups in total. The van der Waals surface area contributed by atoms with Crippen molar-refractivity contribution in [3.05, 3.63) is 88.9 Å². The second-order valence-electron chi connectivity index (χ2n) is 11.3. The molecule has 0 aliphatic rings. The van der Waals surface area contributed by atoms with E-state index >= 15 is 0 Å². The molecule has 0 bridgehead atoms. The first-order valence-corrected chi connectivity index (χ1v) is 16.8. The highest BCUT2D eigenvalue weighted by atomic mass is 32.2. The number of nitrogens with two attached hydrogens (primary N) is 1. The third kappa shape index (κ3) is 10.3. The Hall–Kier alpha value is -4.53. The normalized spacial score (nSPS) is 12.8. The molecule has 1 atom stereocenters. The number of hydrogen-bond acceptors (Lipinski definition) is 10. The molecule has 4 aromatic rings. The Labute approximate surface area is 272 Å². The van der Waals surface area contributed by atoms with Crippen molar-refractivity contribution < 1.29 is 32.3 Å². The molecule has 0 saturated heterocycles. The molecule has 0 spiro atoms. The fourth-order valence-electron chi connectivity index (χ4n) is 4.22. The highest BCUT2D eigenvalue weighted by molar-refractivity contribution is 7.89. The van der Waals surface area contributed by atoms with Gasteiger partial charge in [-0.25, -0.2) is 27.7 Å². The zero-order chi connectivity index (χ0) is 33.3. The first kappa shape index (κ1) is 34.3. The van der Waals surface area contributed by atoms with Gasteiger partial charge in [0.1, 0.15) is 16.4 Å². The van der Waals surface area contributed by atoms with Gasteiger partial charge >= 0.3 is 12.1 Å². The number of amides is 1. The summed E-state index contributed by atoms with van der Waals surface area (Å²) in [6.45, 7) is 7.39. The number of fused-ring (bicyclic) bond motifs is 1. The van der Waals surface area contributed by atoms with Crippen molar-refractivity contribution in [3.8, 4) is 5.75 Å². The van der Waals surface area contributed by atoms with Crippen LogP contribution in [-0.2, 0) is 30.8 Å². The van der Waals surface area contributed by atoms with E-state index in [9.17, 15) is 18.0 Å². The predicted octanol–water partition coefficient (Wildman–Crippen LogP) is 5.04. The molecule has 0 radical (unpaired) electrons. The Bertz CT molecular complexity index is 1800. The van der Waals surface area contributed by atoms with Crippen molar-refractivity contribution in [3.63, 3.8) is 0 Å². The number of nitrogens with zero attached hydrogens (tertiary/aromatic N) is 2. The summed E-state index contributed by atoms with van der Waals surface area (Å²) >= 11 is 1.35. The van der Waals surface area contributed by atoms with Crippen LogP contribution in [0.4, 0.5) is 4.79 Å².